The Hall–Kier alpha value is -1.02. The lowest BCUT2D eigenvalue weighted by Gasteiger charge is -2.31. The SMILES string of the molecule is CN=C(NCCc1ccc(Cl)cc1)NCC1(C(=O)N(C)C)CCCC1.I. The lowest BCUT2D eigenvalue weighted by molar-refractivity contribution is -0.138. The Morgan fingerprint density at radius 2 is 1.81 bits per heavy atom. The minimum atomic E-state index is -0.294. The van der Waals surface area contributed by atoms with Crippen molar-refractivity contribution in [1.29, 1.82) is 0 Å². The summed E-state index contributed by atoms with van der Waals surface area (Å²) in [6.45, 7) is 1.40. The molecule has 146 valence electrons. The van der Waals surface area contributed by atoms with E-state index < -0.39 is 0 Å². The van der Waals surface area contributed by atoms with Gasteiger partial charge in [-0.3, -0.25) is 9.79 Å². The fraction of sp³-hybridized carbons (Fsp3) is 0.579. The molecule has 1 aliphatic carbocycles. The molecular formula is C19H30ClIN4O. The van der Waals surface area contributed by atoms with Gasteiger partial charge in [0.25, 0.3) is 0 Å². The zero-order valence-corrected chi connectivity index (χ0v) is 18.9. The Morgan fingerprint density at radius 3 is 2.35 bits per heavy atom. The molecule has 1 aromatic rings. The highest BCUT2D eigenvalue weighted by molar-refractivity contribution is 14.0. The van der Waals surface area contributed by atoms with E-state index in [1.165, 1.54) is 5.56 Å². The maximum atomic E-state index is 12.6. The molecule has 1 aliphatic rings. The van der Waals surface area contributed by atoms with Crippen molar-refractivity contribution >= 4 is 47.4 Å². The fourth-order valence-corrected chi connectivity index (χ4v) is 3.57. The van der Waals surface area contributed by atoms with Crippen LogP contribution < -0.4 is 10.6 Å². The molecular weight excluding hydrogens is 463 g/mol. The van der Waals surface area contributed by atoms with Crippen molar-refractivity contribution in [2.75, 3.05) is 34.2 Å². The first-order valence-corrected chi connectivity index (χ1v) is 9.25. The molecule has 0 saturated heterocycles. The molecule has 5 nitrogen and oxygen atoms in total. The predicted octanol–water partition coefficient (Wildman–Crippen LogP) is 3.31. The van der Waals surface area contributed by atoms with Crippen molar-refractivity contribution in [3.63, 3.8) is 0 Å². The number of amides is 1. The Bertz CT molecular complexity index is 598. The van der Waals surface area contributed by atoms with Crippen molar-refractivity contribution in [3.8, 4) is 0 Å². The molecule has 0 radical (unpaired) electrons. The first-order chi connectivity index (χ1) is 12.0. The summed E-state index contributed by atoms with van der Waals surface area (Å²) < 4.78 is 0. The summed E-state index contributed by atoms with van der Waals surface area (Å²) in [6.07, 6.45) is 5.00. The monoisotopic (exact) mass is 492 g/mol. The second-order valence-corrected chi connectivity index (χ2v) is 7.35. The van der Waals surface area contributed by atoms with Crippen molar-refractivity contribution < 1.29 is 4.79 Å². The summed E-state index contributed by atoms with van der Waals surface area (Å²) in [4.78, 5) is 18.6. The molecule has 0 atom stereocenters. The van der Waals surface area contributed by atoms with Gasteiger partial charge >= 0.3 is 0 Å². The van der Waals surface area contributed by atoms with E-state index in [9.17, 15) is 4.79 Å². The van der Waals surface area contributed by atoms with Crippen LogP contribution in [0.2, 0.25) is 5.02 Å². The number of guanidine groups is 1. The summed E-state index contributed by atoms with van der Waals surface area (Å²) in [7, 11) is 5.43. The highest BCUT2D eigenvalue weighted by Gasteiger charge is 2.42. The smallest absolute Gasteiger partial charge is 0.230 e. The molecule has 1 aromatic carbocycles. The largest absolute Gasteiger partial charge is 0.356 e. The molecule has 0 aliphatic heterocycles. The molecule has 1 amide bonds. The van der Waals surface area contributed by atoms with Crippen LogP contribution >= 0.6 is 35.6 Å². The summed E-state index contributed by atoms with van der Waals surface area (Å²) in [5, 5.41) is 7.43. The van der Waals surface area contributed by atoms with Crippen LogP contribution in [-0.4, -0.2) is 51.0 Å². The van der Waals surface area contributed by atoms with Crippen LogP contribution in [0.4, 0.5) is 0 Å². The van der Waals surface area contributed by atoms with Gasteiger partial charge in [0.05, 0.1) is 5.41 Å². The third-order valence-corrected chi connectivity index (χ3v) is 5.11. The molecule has 0 heterocycles. The van der Waals surface area contributed by atoms with Crippen molar-refractivity contribution in [3.05, 3.63) is 34.9 Å². The first-order valence-electron chi connectivity index (χ1n) is 8.87. The zero-order valence-electron chi connectivity index (χ0n) is 15.8. The van der Waals surface area contributed by atoms with Crippen LogP contribution in [0.15, 0.2) is 29.3 Å². The first kappa shape index (κ1) is 23.0. The number of hydrogen-bond acceptors (Lipinski definition) is 2. The number of carbonyl (C=O) groups is 1. The van der Waals surface area contributed by atoms with Crippen LogP contribution in [0, 0.1) is 5.41 Å². The van der Waals surface area contributed by atoms with E-state index in [4.69, 9.17) is 11.6 Å². The van der Waals surface area contributed by atoms with E-state index in [1.807, 2.05) is 38.4 Å². The molecule has 2 N–H and O–H groups in total. The van der Waals surface area contributed by atoms with E-state index in [2.05, 4.69) is 15.6 Å². The van der Waals surface area contributed by atoms with Crippen molar-refractivity contribution in [2.24, 2.45) is 10.4 Å². The highest BCUT2D eigenvalue weighted by atomic mass is 127. The second kappa shape index (κ2) is 11.0. The second-order valence-electron chi connectivity index (χ2n) is 6.92. The van der Waals surface area contributed by atoms with Gasteiger partial charge in [-0.25, -0.2) is 0 Å². The number of nitrogens with one attached hydrogen (secondary N) is 2. The van der Waals surface area contributed by atoms with Gasteiger partial charge in [0.1, 0.15) is 0 Å². The summed E-state index contributed by atoms with van der Waals surface area (Å²) in [5.74, 6) is 0.959. The molecule has 0 aromatic heterocycles. The predicted molar refractivity (Wildman–Crippen MR) is 120 cm³/mol. The minimum absolute atomic E-state index is 0. The van der Waals surface area contributed by atoms with Crippen LogP contribution in [0.5, 0.6) is 0 Å². The quantitative estimate of drug-likeness (QED) is 0.364. The van der Waals surface area contributed by atoms with Gasteiger partial charge in [-0.2, -0.15) is 0 Å². The van der Waals surface area contributed by atoms with Crippen molar-refractivity contribution in [2.45, 2.75) is 32.1 Å². The summed E-state index contributed by atoms with van der Waals surface area (Å²) in [6, 6.07) is 7.87. The topological polar surface area (TPSA) is 56.7 Å². The molecule has 0 spiro atoms. The Labute approximate surface area is 179 Å². The van der Waals surface area contributed by atoms with Gasteiger partial charge in [-0.05, 0) is 37.0 Å². The molecule has 0 bridgehead atoms. The third kappa shape index (κ3) is 6.30. The number of hydrogen-bond donors (Lipinski definition) is 2. The van der Waals surface area contributed by atoms with Crippen LogP contribution in [-0.2, 0) is 11.2 Å². The average Bonchev–Trinajstić information content (AvgIpc) is 3.08. The maximum absolute atomic E-state index is 12.6. The molecule has 26 heavy (non-hydrogen) atoms. The molecule has 1 fully saturated rings. The number of carbonyl (C=O) groups excluding carboxylic acids is 1. The zero-order chi connectivity index (χ0) is 18.3. The Balaban J connectivity index is 0.00000338. The Kier molecular flexibility index (Phi) is 9.71. The third-order valence-electron chi connectivity index (χ3n) is 4.86. The van der Waals surface area contributed by atoms with E-state index in [-0.39, 0.29) is 35.3 Å². The Morgan fingerprint density at radius 1 is 1.19 bits per heavy atom. The number of rotatable bonds is 6. The molecule has 1 saturated carbocycles. The van der Waals surface area contributed by atoms with Gasteiger partial charge in [-0.15, -0.1) is 24.0 Å². The maximum Gasteiger partial charge on any atom is 0.230 e. The molecule has 0 unspecified atom stereocenters. The lowest BCUT2D eigenvalue weighted by atomic mass is 9.84. The standard InChI is InChI=1S/C19H29ClN4O.HI/c1-21-18(22-13-10-15-6-8-16(20)9-7-15)23-14-19(11-4-5-12-19)17(25)24(2)3;/h6-9H,4-5,10-14H2,1-3H3,(H2,21,22,23);1H. The number of nitrogens with zero attached hydrogens (tertiary/aromatic N) is 2. The molecule has 7 heteroatoms. The van der Waals surface area contributed by atoms with E-state index in [1.54, 1.807) is 11.9 Å². The van der Waals surface area contributed by atoms with Crippen molar-refractivity contribution in [1.82, 2.24) is 15.5 Å². The summed E-state index contributed by atoms with van der Waals surface area (Å²) in [5.41, 5.74) is 0.930. The minimum Gasteiger partial charge on any atom is -0.356 e. The average molecular weight is 493 g/mol. The van der Waals surface area contributed by atoms with Gasteiger partial charge in [0.15, 0.2) is 5.96 Å². The summed E-state index contributed by atoms with van der Waals surface area (Å²) >= 11 is 5.91. The van der Waals surface area contributed by atoms with Gasteiger partial charge < -0.3 is 15.5 Å². The highest BCUT2D eigenvalue weighted by Crippen LogP contribution is 2.38. The van der Waals surface area contributed by atoms with Gasteiger partial charge in [0, 0.05) is 39.3 Å². The van der Waals surface area contributed by atoms with E-state index >= 15 is 0 Å². The normalized spacial score (nSPS) is 15.9. The number of benzene rings is 1. The number of halogens is 2. The van der Waals surface area contributed by atoms with Gasteiger partial charge in [0.2, 0.25) is 5.91 Å². The molecule has 2 rings (SSSR count). The number of aliphatic imine (C=N–C) groups is 1. The van der Waals surface area contributed by atoms with Gasteiger partial charge in [-0.1, -0.05) is 36.6 Å². The lowest BCUT2D eigenvalue weighted by Crippen LogP contribution is -2.49. The fourth-order valence-electron chi connectivity index (χ4n) is 3.44. The van der Waals surface area contributed by atoms with Crippen LogP contribution in [0.3, 0.4) is 0 Å². The van der Waals surface area contributed by atoms with E-state index in [0.29, 0.717) is 6.54 Å². The van der Waals surface area contributed by atoms with Crippen LogP contribution in [0.1, 0.15) is 31.2 Å². The van der Waals surface area contributed by atoms with E-state index in [0.717, 1.165) is 49.6 Å². The van der Waals surface area contributed by atoms with Crippen LogP contribution in [0.25, 0.3) is 0 Å².